The molecule has 2 rings (SSSR count). The summed E-state index contributed by atoms with van der Waals surface area (Å²) in [5.74, 6) is -0.334. The normalized spacial score (nSPS) is 27.4. The highest BCUT2D eigenvalue weighted by Crippen LogP contribution is 2.26. The second-order valence-electron chi connectivity index (χ2n) is 4.60. The Morgan fingerprint density at radius 1 is 1.42 bits per heavy atom. The highest BCUT2D eigenvalue weighted by Gasteiger charge is 2.44. The second-order valence-corrected chi connectivity index (χ2v) is 4.60. The van der Waals surface area contributed by atoms with Crippen LogP contribution in [0.3, 0.4) is 0 Å². The lowest BCUT2D eigenvalue weighted by atomic mass is 10.1. The molecule has 0 aromatic heterocycles. The number of aliphatic hydroxyl groups excluding tert-OH is 1. The van der Waals surface area contributed by atoms with E-state index < -0.39 is 12.3 Å². The van der Waals surface area contributed by atoms with Gasteiger partial charge >= 0.3 is 5.97 Å². The summed E-state index contributed by atoms with van der Waals surface area (Å²) >= 11 is 0. The monoisotopic (exact) mass is 265 g/mol. The fraction of sp³-hybridized carbons (Fsp3) is 0.500. The van der Waals surface area contributed by atoms with Gasteiger partial charge in [0.15, 0.2) is 0 Å². The van der Waals surface area contributed by atoms with Gasteiger partial charge in [0.25, 0.3) is 0 Å². The maximum absolute atomic E-state index is 11.9. The lowest BCUT2D eigenvalue weighted by Crippen LogP contribution is -2.44. The molecule has 0 amide bonds. The molecule has 3 atom stereocenters. The molecular weight excluding hydrogens is 246 g/mol. The Bertz CT molecular complexity index is 423. The summed E-state index contributed by atoms with van der Waals surface area (Å²) in [6, 6.07) is 9.29. The van der Waals surface area contributed by atoms with Gasteiger partial charge in [-0.05, 0) is 12.5 Å². The largest absolute Gasteiger partial charge is 0.468 e. The SMILES string of the molecule is COC(=O)[C@@H]1[C@@H](C)OC(CO)N1Cc1ccccc1. The first-order valence-electron chi connectivity index (χ1n) is 6.31. The third-order valence-electron chi connectivity index (χ3n) is 3.35. The Morgan fingerprint density at radius 3 is 2.68 bits per heavy atom. The lowest BCUT2D eigenvalue weighted by Gasteiger charge is -2.25. The molecule has 1 aliphatic heterocycles. The molecule has 1 fully saturated rings. The van der Waals surface area contributed by atoms with E-state index in [1.807, 2.05) is 42.2 Å². The molecule has 5 heteroatoms. The maximum Gasteiger partial charge on any atom is 0.325 e. The first kappa shape index (κ1) is 14.0. The van der Waals surface area contributed by atoms with Crippen LogP contribution in [-0.4, -0.2) is 48.1 Å². The molecule has 0 radical (unpaired) electrons. The molecule has 1 aromatic rings. The number of rotatable bonds is 4. The molecule has 1 unspecified atom stereocenters. The zero-order valence-corrected chi connectivity index (χ0v) is 11.2. The minimum Gasteiger partial charge on any atom is -0.468 e. The van der Waals surface area contributed by atoms with Crippen molar-refractivity contribution in [2.75, 3.05) is 13.7 Å². The molecule has 0 spiro atoms. The van der Waals surface area contributed by atoms with E-state index in [9.17, 15) is 9.90 Å². The fourth-order valence-electron chi connectivity index (χ4n) is 2.44. The summed E-state index contributed by atoms with van der Waals surface area (Å²) in [5.41, 5.74) is 1.06. The van der Waals surface area contributed by atoms with Crippen molar-refractivity contribution in [1.29, 1.82) is 0 Å². The minimum absolute atomic E-state index is 0.148. The minimum atomic E-state index is -0.484. The first-order valence-corrected chi connectivity index (χ1v) is 6.31. The summed E-state index contributed by atoms with van der Waals surface area (Å²) < 4.78 is 10.4. The van der Waals surface area contributed by atoms with E-state index in [1.165, 1.54) is 7.11 Å². The maximum atomic E-state index is 11.9. The van der Waals surface area contributed by atoms with Crippen LogP contribution in [0, 0.1) is 0 Å². The quantitative estimate of drug-likeness (QED) is 0.815. The molecule has 0 aliphatic carbocycles. The Morgan fingerprint density at radius 2 is 2.11 bits per heavy atom. The van der Waals surface area contributed by atoms with E-state index in [2.05, 4.69) is 0 Å². The van der Waals surface area contributed by atoms with Gasteiger partial charge in [-0.15, -0.1) is 0 Å². The third-order valence-corrected chi connectivity index (χ3v) is 3.35. The highest BCUT2D eigenvalue weighted by molar-refractivity contribution is 5.76. The van der Waals surface area contributed by atoms with Gasteiger partial charge in [0.05, 0.1) is 19.8 Å². The van der Waals surface area contributed by atoms with Gasteiger partial charge < -0.3 is 14.6 Å². The van der Waals surface area contributed by atoms with Gasteiger partial charge in [-0.25, -0.2) is 0 Å². The molecule has 1 heterocycles. The lowest BCUT2D eigenvalue weighted by molar-refractivity contribution is -0.147. The Balaban J connectivity index is 2.19. The highest BCUT2D eigenvalue weighted by atomic mass is 16.6. The molecular formula is C14H19NO4. The molecule has 1 aliphatic rings. The molecule has 0 bridgehead atoms. The number of carbonyl (C=O) groups excluding carboxylic acids is 1. The van der Waals surface area contributed by atoms with Gasteiger partial charge in [0.1, 0.15) is 12.3 Å². The van der Waals surface area contributed by atoms with Gasteiger partial charge in [0.2, 0.25) is 0 Å². The summed E-state index contributed by atoms with van der Waals surface area (Å²) in [6.07, 6.45) is -0.771. The summed E-state index contributed by atoms with van der Waals surface area (Å²) in [5, 5.41) is 9.39. The second kappa shape index (κ2) is 6.14. The fourth-order valence-corrected chi connectivity index (χ4v) is 2.44. The number of benzene rings is 1. The van der Waals surface area contributed by atoms with Crippen molar-refractivity contribution < 1.29 is 19.4 Å². The van der Waals surface area contributed by atoms with E-state index in [0.717, 1.165) is 5.56 Å². The molecule has 104 valence electrons. The van der Waals surface area contributed by atoms with Gasteiger partial charge in [-0.1, -0.05) is 30.3 Å². The van der Waals surface area contributed by atoms with Crippen molar-refractivity contribution in [3.8, 4) is 0 Å². The van der Waals surface area contributed by atoms with Crippen molar-refractivity contribution in [2.24, 2.45) is 0 Å². The Kier molecular flexibility index (Phi) is 4.52. The van der Waals surface area contributed by atoms with E-state index >= 15 is 0 Å². The van der Waals surface area contributed by atoms with Crippen LogP contribution >= 0.6 is 0 Å². The summed E-state index contributed by atoms with van der Waals surface area (Å²) in [7, 11) is 1.36. The summed E-state index contributed by atoms with van der Waals surface area (Å²) in [6.45, 7) is 2.20. The molecule has 1 saturated heterocycles. The zero-order chi connectivity index (χ0) is 13.8. The van der Waals surface area contributed by atoms with Crippen molar-refractivity contribution in [2.45, 2.75) is 31.8 Å². The van der Waals surface area contributed by atoms with Crippen LogP contribution in [0.1, 0.15) is 12.5 Å². The Hall–Kier alpha value is -1.43. The number of ether oxygens (including phenoxy) is 2. The van der Waals surface area contributed by atoms with Crippen LogP contribution in [0.25, 0.3) is 0 Å². The number of nitrogens with zero attached hydrogens (tertiary/aromatic N) is 1. The third kappa shape index (κ3) is 2.94. The van der Waals surface area contributed by atoms with Crippen molar-refractivity contribution in [1.82, 2.24) is 4.90 Å². The predicted octanol–water partition coefficient (Wildman–Crippen LogP) is 0.767. The van der Waals surface area contributed by atoms with Crippen molar-refractivity contribution in [3.63, 3.8) is 0 Å². The first-order chi connectivity index (χ1) is 9.17. The smallest absolute Gasteiger partial charge is 0.325 e. The van der Waals surface area contributed by atoms with Crippen molar-refractivity contribution >= 4 is 5.97 Å². The van der Waals surface area contributed by atoms with Gasteiger partial charge in [-0.2, -0.15) is 0 Å². The molecule has 1 N–H and O–H groups in total. The van der Waals surface area contributed by atoms with E-state index in [1.54, 1.807) is 0 Å². The van der Waals surface area contributed by atoms with Crippen molar-refractivity contribution in [3.05, 3.63) is 35.9 Å². The number of hydrogen-bond donors (Lipinski definition) is 1. The van der Waals surface area contributed by atoms with E-state index in [0.29, 0.717) is 6.54 Å². The van der Waals surface area contributed by atoms with Crippen LogP contribution in [0.2, 0.25) is 0 Å². The number of hydrogen-bond acceptors (Lipinski definition) is 5. The Labute approximate surface area is 112 Å². The number of esters is 1. The number of methoxy groups -OCH3 is 1. The van der Waals surface area contributed by atoms with Crippen LogP contribution in [-0.2, 0) is 20.8 Å². The van der Waals surface area contributed by atoms with Gasteiger partial charge in [0, 0.05) is 6.54 Å². The molecule has 5 nitrogen and oxygen atoms in total. The average molecular weight is 265 g/mol. The number of aliphatic hydroxyl groups is 1. The van der Waals surface area contributed by atoms with Crippen LogP contribution in [0.15, 0.2) is 30.3 Å². The average Bonchev–Trinajstić information content (AvgIpc) is 2.75. The van der Waals surface area contributed by atoms with E-state index in [-0.39, 0.29) is 18.7 Å². The zero-order valence-electron chi connectivity index (χ0n) is 11.2. The number of carbonyl (C=O) groups is 1. The molecule has 19 heavy (non-hydrogen) atoms. The summed E-state index contributed by atoms with van der Waals surface area (Å²) in [4.78, 5) is 13.7. The van der Waals surface area contributed by atoms with E-state index in [4.69, 9.17) is 9.47 Å². The molecule has 1 aromatic carbocycles. The van der Waals surface area contributed by atoms with Gasteiger partial charge in [-0.3, -0.25) is 9.69 Å². The van der Waals surface area contributed by atoms with Crippen LogP contribution in [0.4, 0.5) is 0 Å². The topological polar surface area (TPSA) is 59.0 Å². The molecule has 0 saturated carbocycles. The predicted molar refractivity (Wildman–Crippen MR) is 69.2 cm³/mol. The standard InChI is InChI=1S/C14H19NO4/c1-10-13(14(17)18-2)15(12(9-16)19-10)8-11-6-4-3-5-7-11/h3-7,10,12-13,16H,8-9H2,1-2H3/t10-,12?,13+/m1/s1. The van der Waals surface area contributed by atoms with Crippen LogP contribution < -0.4 is 0 Å². The van der Waals surface area contributed by atoms with Crippen LogP contribution in [0.5, 0.6) is 0 Å².